The Bertz CT molecular complexity index is 418. The molecule has 5 heteroatoms. The van der Waals surface area contributed by atoms with Gasteiger partial charge in [0.2, 0.25) is 0 Å². The van der Waals surface area contributed by atoms with Crippen LogP contribution < -0.4 is 9.47 Å². The molecule has 0 saturated carbocycles. The van der Waals surface area contributed by atoms with Gasteiger partial charge in [0.05, 0.1) is 24.8 Å². The first-order valence-corrected chi connectivity index (χ1v) is 6.65. The van der Waals surface area contributed by atoms with Crippen LogP contribution >= 0.6 is 27.5 Å². The van der Waals surface area contributed by atoms with Gasteiger partial charge < -0.3 is 9.47 Å². The summed E-state index contributed by atoms with van der Waals surface area (Å²) in [5.41, 5.74) is 1.02. The largest absolute Gasteiger partial charge is 0.493 e. The number of rotatable bonds is 6. The van der Waals surface area contributed by atoms with E-state index in [0.717, 1.165) is 5.56 Å². The van der Waals surface area contributed by atoms with E-state index in [1.807, 2.05) is 12.1 Å². The van der Waals surface area contributed by atoms with E-state index in [2.05, 4.69) is 22.0 Å². The zero-order valence-corrected chi connectivity index (χ0v) is 11.8. The number of methoxy groups -OCH3 is 1. The Kier molecular flexibility index (Phi) is 6.17. The van der Waals surface area contributed by atoms with E-state index in [1.165, 1.54) is 0 Å². The molecule has 3 nitrogen and oxygen atoms in total. The molecule has 1 aromatic carbocycles. The second-order valence-corrected chi connectivity index (χ2v) is 4.32. The molecule has 0 N–H and O–H groups in total. The van der Waals surface area contributed by atoms with Crippen LogP contribution in [0, 0.1) is 11.3 Å². The van der Waals surface area contributed by atoms with Gasteiger partial charge in [0.15, 0.2) is 11.5 Å². The molecule has 0 aromatic heterocycles. The second-order valence-electron chi connectivity index (χ2n) is 3.35. The number of nitrogens with zero attached hydrogens (tertiary/aromatic N) is 1. The van der Waals surface area contributed by atoms with Crippen LogP contribution in [0.3, 0.4) is 0 Å². The van der Waals surface area contributed by atoms with Crippen molar-refractivity contribution in [1.29, 1.82) is 5.26 Å². The van der Waals surface area contributed by atoms with Crippen LogP contribution in [-0.2, 0) is 5.33 Å². The van der Waals surface area contributed by atoms with Gasteiger partial charge in [-0.15, -0.1) is 0 Å². The molecule has 1 aromatic rings. The third kappa shape index (κ3) is 4.10. The molecular weight excluding hydrogens is 305 g/mol. The van der Waals surface area contributed by atoms with E-state index in [-0.39, 0.29) is 0 Å². The van der Waals surface area contributed by atoms with Crippen LogP contribution in [0.5, 0.6) is 11.5 Å². The molecule has 0 atom stereocenters. The standard InChI is InChI=1S/C12H13BrClNO2/c1-16-11-7-9(8-13)6-10(14)12(11)17-5-3-2-4-15/h6-7H,2-3,5,8H2,1H3. The van der Waals surface area contributed by atoms with Crippen molar-refractivity contribution in [1.82, 2.24) is 0 Å². The maximum absolute atomic E-state index is 8.43. The smallest absolute Gasteiger partial charge is 0.179 e. The molecule has 0 radical (unpaired) electrons. The highest BCUT2D eigenvalue weighted by molar-refractivity contribution is 9.08. The summed E-state index contributed by atoms with van der Waals surface area (Å²) in [5.74, 6) is 1.15. The van der Waals surface area contributed by atoms with Gasteiger partial charge in [-0.2, -0.15) is 5.26 Å². The Morgan fingerprint density at radius 1 is 1.47 bits per heavy atom. The normalized spacial score (nSPS) is 9.76. The second kappa shape index (κ2) is 7.41. The number of unbranched alkanes of at least 4 members (excludes halogenated alkanes) is 1. The topological polar surface area (TPSA) is 42.2 Å². The van der Waals surface area contributed by atoms with E-state index < -0.39 is 0 Å². The molecule has 0 aliphatic carbocycles. The van der Waals surface area contributed by atoms with Gasteiger partial charge in [0.1, 0.15) is 0 Å². The summed E-state index contributed by atoms with van der Waals surface area (Å²) in [6.07, 6.45) is 1.15. The van der Waals surface area contributed by atoms with E-state index in [9.17, 15) is 0 Å². The lowest BCUT2D eigenvalue weighted by atomic mass is 10.2. The number of alkyl halides is 1. The minimum atomic E-state index is 0.456. The van der Waals surface area contributed by atoms with Crippen molar-refractivity contribution in [3.05, 3.63) is 22.7 Å². The molecule has 0 heterocycles. The lowest BCUT2D eigenvalue weighted by molar-refractivity contribution is 0.291. The lowest BCUT2D eigenvalue weighted by Crippen LogP contribution is -2.00. The van der Waals surface area contributed by atoms with Gasteiger partial charge in [-0.1, -0.05) is 27.5 Å². The lowest BCUT2D eigenvalue weighted by Gasteiger charge is -2.13. The van der Waals surface area contributed by atoms with Crippen molar-refractivity contribution in [2.75, 3.05) is 13.7 Å². The highest BCUT2D eigenvalue weighted by Crippen LogP contribution is 2.37. The van der Waals surface area contributed by atoms with Gasteiger partial charge in [-0.05, 0) is 24.1 Å². The van der Waals surface area contributed by atoms with Crippen molar-refractivity contribution in [2.24, 2.45) is 0 Å². The van der Waals surface area contributed by atoms with Crippen LogP contribution in [0.15, 0.2) is 12.1 Å². The summed E-state index contributed by atoms with van der Waals surface area (Å²) in [6.45, 7) is 0.456. The number of nitriles is 1. The number of hydrogen-bond donors (Lipinski definition) is 0. The number of hydrogen-bond acceptors (Lipinski definition) is 3. The van der Waals surface area contributed by atoms with Crippen molar-refractivity contribution < 1.29 is 9.47 Å². The maximum Gasteiger partial charge on any atom is 0.179 e. The molecule has 0 saturated heterocycles. The Labute approximate surface area is 114 Å². The molecule has 92 valence electrons. The number of halogens is 2. The summed E-state index contributed by atoms with van der Waals surface area (Å²) >= 11 is 9.48. The van der Waals surface area contributed by atoms with Crippen molar-refractivity contribution in [3.63, 3.8) is 0 Å². The monoisotopic (exact) mass is 317 g/mol. The zero-order valence-electron chi connectivity index (χ0n) is 9.50. The molecule has 0 aliphatic rings. The Balaban J connectivity index is 2.79. The van der Waals surface area contributed by atoms with Crippen LogP contribution in [0.4, 0.5) is 0 Å². The summed E-state index contributed by atoms with van der Waals surface area (Å²) in [5, 5.41) is 9.66. The highest BCUT2D eigenvalue weighted by atomic mass is 79.9. The molecule has 1 rings (SSSR count). The van der Waals surface area contributed by atoms with Gasteiger partial charge >= 0.3 is 0 Å². The van der Waals surface area contributed by atoms with Crippen LogP contribution in [0.2, 0.25) is 5.02 Å². The van der Waals surface area contributed by atoms with Crippen LogP contribution in [0.25, 0.3) is 0 Å². The molecule has 0 spiro atoms. The van der Waals surface area contributed by atoms with E-state index in [1.54, 1.807) is 7.11 Å². The summed E-state index contributed by atoms with van der Waals surface area (Å²) < 4.78 is 10.8. The average Bonchev–Trinajstić information content (AvgIpc) is 2.35. The highest BCUT2D eigenvalue weighted by Gasteiger charge is 2.11. The average molecular weight is 319 g/mol. The fourth-order valence-electron chi connectivity index (χ4n) is 1.32. The summed E-state index contributed by atoms with van der Waals surface area (Å²) in [6, 6.07) is 5.77. The Morgan fingerprint density at radius 3 is 2.82 bits per heavy atom. The first-order chi connectivity index (χ1) is 8.22. The van der Waals surface area contributed by atoms with Gasteiger partial charge in [-0.25, -0.2) is 0 Å². The van der Waals surface area contributed by atoms with E-state index in [4.69, 9.17) is 26.3 Å². The minimum Gasteiger partial charge on any atom is -0.493 e. The van der Waals surface area contributed by atoms with Gasteiger partial charge in [0.25, 0.3) is 0 Å². The molecule has 0 bridgehead atoms. The maximum atomic E-state index is 8.43. The van der Waals surface area contributed by atoms with Crippen LogP contribution in [-0.4, -0.2) is 13.7 Å². The SMILES string of the molecule is COc1cc(CBr)cc(Cl)c1OCCCC#N. The third-order valence-corrected chi connectivity index (χ3v) is 3.05. The summed E-state index contributed by atoms with van der Waals surface area (Å²) in [4.78, 5) is 0. The molecule has 0 aliphatic heterocycles. The van der Waals surface area contributed by atoms with Gasteiger partial charge in [-0.3, -0.25) is 0 Å². The molecular formula is C12H13BrClNO2. The molecule has 0 amide bonds. The molecule has 0 unspecified atom stereocenters. The molecule has 0 fully saturated rings. The minimum absolute atomic E-state index is 0.456. The fraction of sp³-hybridized carbons (Fsp3) is 0.417. The fourth-order valence-corrected chi connectivity index (χ4v) is 1.93. The number of ether oxygens (including phenoxy) is 2. The van der Waals surface area contributed by atoms with Crippen molar-refractivity contribution in [3.8, 4) is 17.6 Å². The summed E-state index contributed by atoms with van der Waals surface area (Å²) in [7, 11) is 1.58. The Morgan fingerprint density at radius 2 is 2.24 bits per heavy atom. The van der Waals surface area contributed by atoms with Crippen molar-refractivity contribution in [2.45, 2.75) is 18.2 Å². The zero-order chi connectivity index (χ0) is 12.7. The van der Waals surface area contributed by atoms with Crippen molar-refractivity contribution >= 4 is 27.5 Å². The van der Waals surface area contributed by atoms with E-state index in [0.29, 0.717) is 41.3 Å². The third-order valence-electron chi connectivity index (χ3n) is 2.12. The predicted molar refractivity (Wildman–Crippen MR) is 71.0 cm³/mol. The van der Waals surface area contributed by atoms with E-state index >= 15 is 0 Å². The first-order valence-electron chi connectivity index (χ1n) is 5.15. The number of benzene rings is 1. The first kappa shape index (κ1) is 14.1. The van der Waals surface area contributed by atoms with Gasteiger partial charge in [0, 0.05) is 11.8 Å². The quantitative estimate of drug-likeness (QED) is 0.589. The predicted octanol–water partition coefficient (Wildman–Crippen LogP) is 3.93. The molecule has 17 heavy (non-hydrogen) atoms. The Hall–Kier alpha value is -0.920. The van der Waals surface area contributed by atoms with Crippen LogP contribution in [0.1, 0.15) is 18.4 Å².